The van der Waals surface area contributed by atoms with Gasteiger partial charge in [-0.15, -0.1) is 24.0 Å². The first-order valence-electron chi connectivity index (χ1n) is 6.48. The first-order valence-corrected chi connectivity index (χ1v) is 6.48. The van der Waals surface area contributed by atoms with E-state index in [1.165, 1.54) is 12.8 Å². The summed E-state index contributed by atoms with van der Waals surface area (Å²) in [4.78, 5) is 6.88. The van der Waals surface area contributed by atoms with Crippen molar-refractivity contribution in [1.82, 2.24) is 10.2 Å². The minimum Gasteiger partial charge on any atom is -0.382 e. The van der Waals surface area contributed by atoms with Crippen LogP contribution in [-0.4, -0.2) is 64.0 Å². The molecule has 0 amide bonds. The molecule has 0 spiro atoms. The van der Waals surface area contributed by atoms with Gasteiger partial charge in [-0.05, 0) is 19.8 Å². The Morgan fingerprint density at radius 2 is 1.94 bits per heavy atom. The number of likely N-dealkylation sites (tertiary alicyclic amines) is 1. The molecule has 0 aromatic heterocycles. The molecule has 1 aliphatic rings. The number of ether oxygens (including phenoxy) is 2. The fourth-order valence-corrected chi connectivity index (χ4v) is 1.82. The minimum atomic E-state index is 0. The highest BCUT2D eigenvalue weighted by molar-refractivity contribution is 14.0. The fraction of sp³-hybridized carbons (Fsp3) is 0.917. The topological polar surface area (TPSA) is 46.1 Å². The van der Waals surface area contributed by atoms with Crippen LogP contribution in [0.5, 0.6) is 0 Å². The van der Waals surface area contributed by atoms with Crippen LogP contribution in [-0.2, 0) is 9.47 Å². The molecule has 0 aromatic rings. The molecular formula is C12H26IN3O2. The summed E-state index contributed by atoms with van der Waals surface area (Å²) in [5.74, 6) is 1.03. The van der Waals surface area contributed by atoms with Crippen LogP contribution in [0.15, 0.2) is 4.99 Å². The van der Waals surface area contributed by atoms with Gasteiger partial charge in [-0.1, -0.05) is 0 Å². The molecule has 1 N–H and O–H groups in total. The zero-order valence-corrected chi connectivity index (χ0v) is 13.8. The van der Waals surface area contributed by atoms with Gasteiger partial charge in [0.15, 0.2) is 5.96 Å². The molecule has 1 saturated heterocycles. The van der Waals surface area contributed by atoms with Crippen molar-refractivity contribution in [2.45, 2.75) is 19.8 Å². The Bertz CT molecular complexity index is 221. The molecular weight excluding hydrogens is 345 g/mol. The molecule has 6 heteroatoms. The summed E-state index contributed by atoms with van der Waals surface area (Å²) in [5, 5.41) is 3.32. The Morgan fingerprint density at radius 1 is 1.22 bits per heavy atom. The Morgan fingerprint density at radius 3 is 2.56 bits per heavy atom. The van der Waals surface area contributed by atoms with Gasteiger partial charge in [0.05, 0.1) is 26.4 Å². The molecule has 0 saturated carbocycles. The molecule has 0 aliphatic carbocycles. The van der Waals surface area contributed by atoms with Crippen LogP contribution >= 0.6 is 24.0 Å². The highest BCUT2D eigenvalue weighted by atomic mass is 127. The number of rotatable bonds is 7. The Kier molecular flexibility index (Phi) is 11.9. The average molecular weight is 371 g/mol. The molecule has 108 valence electrons. The van der Waals surface area contributed by atoms with Gasteiger partial charge in [0.1, 0.15) is 0 Å². The normalized spacial score (nSPS) is 15.7. The van der Waals surface area contributed by atoms with E-state index in [4.69, 9.17) is 9.47 Å². The Balaban J connectivity index is 0.00000289. The summed E-state index contributed by atoms with van der Waals surface area (Å²) in [6.07, 6.45) is 2.55. The van der Waals surface area contributed by atoms with Crippen LogP contribution in [0.4, 0.5) is 0 Å². The smallest absolute Gasteiger partial charge is 0.193 e. The molecule has 0 atom stereocenters. The van der Waals surface area contributed by atoms with Gasteiger partial charge >= 0.3 is 0 Å². The van der Waals surface area contributed by atoms with Gasteiger partial charge in [-0.25, -0.2) is 0 Å². The zero-order chi connectivity index (χ0) is 12.3. The summed E-state index contributed by atoms with van der Waals surface area (Å²) < 4.78 is 10.3. The third kappa shape index (κ3) is 7.38. The van der Waals surface area contributed by atoms with E-state index in [-0.39, 0.29) is 24.0 Å². The Labute approximate surface area is 127 Å². The summed E-state index contributed by atoms with van der Waals surface area (Å²) in [7, 11) is 1.68. The van der Waals surface area contributed by atoms with E-state index >= 15 is 0 Å². The van der Waals surface area contributed by atoms with E-state index in [0.29, 0.717) is 26.4 Å². The lowest BCUT2D eigenvalue weighted by molar-refractivity contribution is 0.0747. The number of nitrogens with one attached hydrogen (secondary N) is 1. The molecule has 1 aliphatic heterocycles. The maximum atomic E-state index is 5.39. The van der Waals surface area contributed by atoms with E-state index in [1.807, 2.05) is 0 Å². The second kappa shape index (κ2) is 12.0. The standard InChI is InChI=1S/C12H25N3O2.HI/c1-3-13-12(15-7-4-5-8-15)14-6-9-17-11-10-16-2;/h3-11H2,1-2H3,(H,13,14);1H. The number of methoxy groups -OCH3 is 1. The highest BCUT2D eigenvalue weighted by Gasteiger charge is 2.14. The van der Waals surface area contributed by atoms with Gasteiger partial charge < -0.3 is 19.7 Å². The van der Waals surface area contributed by atoms with Crippen LogP contribution < -0.4 is 5.32 Å². The number of hydrogen-bond donors (Lipinski definition) is 1. The van der Waals surface area contributed by atoms with Crippen molar-refractivity contribution in [2.24, 2.45) is 4.99 Å². The summed E-state index contributed by atoms with van der Waals surface area (Å²) >= 11 is 0. The quantitative estimate of drug-likeness (QED) is 0.318. The molecule has 1 heterocycles. The lowest BCUT2D eigenvalue weighted by atomic mass is 10.4. The van der Waals surface area contributed by atoms with Gasteiger partial charge in [0.25, 0.3) is 0 Å². The van der Waals surface area contributed by atoms with Crippen molar-refractivity contribution >= 4 is 29.9 Å². The van der Waals surface area contributed by atoms with Gasteiger partial charge in [0, 0.05) is 26.7 Å². The first kappa shape index (κ1) is 17.9. The number of guanidine groups is 1. The Hall–Kier alpha value is -0.0800. The van der Waals surface area contributed by atoms with Crippen molar-refractivity contribution in [3.8, 4) is 0 Å². The molecule has 0 bridgehead atoms. The van der Waals surface area contributed by atoms with E-state index < -0.39 is 0 Å². The fourth-order valence-electron chi connectivity index (χ4n) is 1.82. The molecule has 0 aromatic carbocycles. The maximum Gasteiger partial charge on any atom is 0.193 e. The largest absolute Gasteiger partial charge is 0.382 e. The van der Waals surface area contributed by atoms with Gasteiger partial charge in [-0.3, -0.25) is 4.99 Å². The summed E-state index contributed by atoms with van der Waals surface area (Å²) in [6.45, 7) is 7.92. The van der Waals surface area contributed by atoms with Crippen LogP contribution in [0.25, 0.3) is 0 Å². The van der Waals surface area contributed by atoms with Crippen LogP contribution in [0.1, 0.15) is 19.8 Å². The molecule has 1 rings (SSSR count). The third-order valence-corrected chi connectivity index (χ3v) is 2.67. The predicted molar refractivity (Wildman–Crippen MR) is 84.9 cm³/mol. The number of halogens is 1. The number of nitrogens with zero attached hydrogens (tertiary/aromatic N) is 2. The lowest BCUT2D eigenvalue weighted by Crippen LogP contribution is -2.39. The highest BCUT2D eigenvalue weighted by Crippen LogP contribution is 2.07. The van der Waals surface area contributed by atoms with Crippen molar-refractivity contribution in [3.63, 3.8) is 0 Å². The van der Waals surface area contributed by atoms with E-state index in [0.717, 1.165) is 25.6 Å². The summed E-state index contributed by atoms with van der Waals surface area (Å²) in [5.41, 5.74) is 0. The van der Waals surface area contributed by atoms with E-state index in [2.05, 4.69) is 22.1 Å². The third-order valence-electron chi connectivity index (χ3n) is 2.67. The minimum absolute atomic E-state index is 0. The van der Waals surface area contributed by atoms with Crippen molar-refractivity contribution in [1.29, 1.82) is 0 Å². The van der Waals surface area contributed by atoms with Crippen molar-refractivity contribution in [2.75, 3.05) is 53.1 Å². The molecule has 0 radical (unpaired) electrons. The lowest BCUT2D eigenvalue weighted by Gasteiger charge is -2.20. The average Bonchev–Trinajstić information content (AvgIpc) is 2.86. The van der Waals surface area contributed by atoms with Crippen LogP contribution in [0.2, 0.25) is 0 Å². The van der Waals surface area contributed by atoms with Gasteiger partial charge in [-0.2, -0.15) is 0 Å². The number of aliphatic imine (C=N–C) groups is 1. The second-order valence-electron chi connectivity index (χ2n) is 4.03. The van der Waals surface area contributed by atoms with Crippen LogP contribution in [0.3, 0.4) is 0 Å². The van der Waals surface area contributed by atoms with Crippen molar-refractivity contribution < 1.29 is 9.47 Å². The summed E-state index contributed by atoms with van der Waals surface area (Å²) in [6, 6.07) is 0. The second-order valence-corrected chi connectivity index (χ2v) is 4.03. The number of hydrogen-bond acceptors (Lipinski definition) is 3. The maximum absolute atomic E-state index is 5.39. The zero-order valence-electron chi connectivity index (χ0n) is 11.5. The van der Waals surface area contributed by atoms with E-state index in [1.54, 1.807) is 7.11 Å². The molecule has 5 nitrogen and oxygen atoms in total. The molecule has 0 unspecified atom stereocenters. The SMILES string of the molecule is CCNC(=NCCOCCOC)N1CCCC1.I. The first-order chi connectivity index (χ1) is 8.38. The van der Waals surface area contributed by atoms with Gasteiger partial charge in [0.2, 0.25) is 0 Å². The van der Waals surface area contributed by atoms with E-state index in [9.17, 15) is 0 Å². The molecule has 18 heavy (non-hydrogen) atoms. The van der Waals surface area contributed by atoms with Crippen LogP contribution in [0, 0.1) is 0 Å². The molecule has 1 fully saturated rings. The monoisotopic (exact) mass is 371 g/mol. The predicted octanol–water partition coefficient (Wildman–Crippen LogP) is 1.33. The van der Waals surface area contributed by atoms with Crippen molar-refractivity contribution in [3.05, 3.63) is 0 Å².